The lowest BCUT2D eigenvalue weighted by atomic mass is 9.62. The smallest absolute Gasteiger partial charge is 0.0292 e. The zero-order valence-corrected chi connectivity index (χ0v) is 12.5. The summed E-state index contributed by atoms with van der Waals surface area (Å²) in [5, 5.41) is 0. The van der Waals surface area contributed by atoms with Crippen LogP contribution in [0.5, 0.6) is 0 Å². The third-order valence-electron chi connectivity index (χ3n) is 6.04. The summed E-state index contributed by atoms with van der Waals surface area (Å²) in [5.41, 5.74) is 3.66. The van der Waals surface area contributed by atoms with E-state index in [9.17, 15) is 0 Å². The molecule has 2 aliphatic carbocycles. The summed E-state index contributed by atoms with van der Waals surface area (Å²) in [7, 11) is 0. The Morgan fingerprint density at radius 1 is 1.06 bits per heavy atom. The number of nitrogens with one attached hydrogen (secondary N) is 1. The molecule has 0 aromatic heterocycles. The quantitative estimate of drug-likeness (QED) is 0.591. The van der Waals surface area contributed by atoms with Crippen molar-refractivity contribution in [3.8, 4) is 0 Å². The van der Waals surface area contributed by atoms with Gasteiger partial charge in [0.25, 0.3) is 0 Å². The zero-order chi connectivity index (χ0) is 13.2. The highest BCUT2D eigenvalue weighted by atomic mass is 15.2. The Bertz CT molecular complexity index is 258. The van der Waals surface area contributed by atoms with Crippen LogP contribution in [0.3, 0.4) is 0 Å². The van der Waals surface area contributed by atoms with Crippen LogP contribution in [0.1, 0.15) is 72.1 Å². The van der Waals surface area contributed by atoms with Crippen LogP contribution in [-0.4, -0.2) is 6.04 Å². The largest absolute Gasteiger partial charge is 0.271 e. The lowest BCUT2D eigenvalue weighted by Crippen LogP contribution is -2.53. The summed E-state index contributed by atoms with van der Waals surface area (Å²) in [5.74, 6) is 8.51. The molecule has 0 heterocycles. The highest BCUT2D eigenvalue weighted by Crippen LogP contribution is 2.45. The molecule has 4 atom stereocenters. The van der Waals surface area contributed by atoms with Crippen molar-refractivity contribution in [2.24, 2.45) is 29.0 Å². The second-order valence-corrected chi connectivity index (χ2v) is 7.39. The van der Waals surface area contributed by atoms with E-state index < -0.39 is 0 Å². The molecule has 2 rings (SSSR count). The Morgan fingerprint density at radius 3 is 2.28 bits per heavy atom. The lowest BCUT2D eigenvalue weighted by Gasteiger charge is -2.47. The van der Waals surface area contributed by atoms with Crippen LogP contribution < -0.4 is 11.3 Å². The maximum absolute atomic E-state index is 5.95. The van der Waals surface area contributed by atoms with E-state index in [4.69, 9.17) is 5.84 Å². The first-order chi connectivity index (χ1) is 8.57. The predicted molar refractivity (Wildman–Crippen MR) is 78.0 cm³/mol. The number of hydrazine groups is 1. The van der Waals surface area contributed by atoms with Crippen molar-refractivity contribution in [1.82, 2.24) is 5.43 Å². The molecular weight excluding hydrogens is 220 g/mol. The van der Waals surface area contributed by atoms with E-state index in [1.807, 2.05) is 0 Å². The summed E-state index contributed by atoms with van der Waals surface area (Å²) >= 11 is 0. The van der Waals surface area contributed by atoms with Crippen molar-refractivity contribution in [2.75, 3.05) is 0 Å². The van der Waals surface area contributed by atoms with Gasteiger partial charge in [0.05, 0.1) is 0 Å². The van der Waals surface area contributed by atoms with Crippen LogP contribution in [0, 0.1) is 23.2 Å². The van der Waals surface area contributed by atoms with Crippen molar-refractivity contribution >= 4 is 0 Å². The Kier molecular flexibility index (Phi) is 4.71. The monoisotopic (exact) mass is 252 g/mol. The topological polar surface area (TPSA) is 38.0 Å². The summed E-state index contributed by atoms with van der Waals surface area (Å²) in [6.07, 6.45) is 11.1. The number of hydrogen-bond acceptors (Lipinski definition) is 2. The average Bonchev–Trinajstić information content (AvgIpc) is 2.35. The van der Waals surface area contributed by atoms with Crippen LogP contribution in [0.15, 0.2) is 0 Å². The molecular formula is C16H32N2. The van der Waals surface area contributed by atoms with Gasteiger partial charge in [0.15, 0.2) is 0 Å². The van der Waals surface area contributed by atoms with Gasteiger partial charge in [-0.3, -0.25) is 11.3 Å². The molecule has 2 fully saturated rings. The van der Waals surface area contributed by atoms with Gasteiger partial charge in [-0.2, -0.15) is 0 Å². The molecule has 0 saturated heterocycles. The first kappa shape index (κ1) is 14.3. The maximum Gasteiger partial charge on any atom is 0.0292 e. The van der Waals surface area contributed by atoms with E-state index in [-0.39, 0.29) is 0 Å². The van der Waals surface area contributed by atoms with Crippen molar-refractivity contribution in [2.45, 2.75) is 78.2 Å². The molecule has 3 N–H and O–H groups in total. The summed E-state index contributed by atoms with van der Waals surface area (Å²) in [6.45, 7) is 7.31. The molecule has 2 nitrogen and oxygen atoms in total. The van der Waals surface area contributed by atoms with Gasteiger partial charge in [0.2, 0.25) is 0 Å². The summed E-state index contributed by atoms with van der Waals surface area (Å²) in [6, 6.07) is 0.535. The summed E-state index contributed by atoms with van der Waals surface area (Å²) < 4.78 is 0. The van der Waals surface area contributed by atoms with E-state index in [1.165, 1.54) is 51.4 Å². The molecule has 0 bridgehead atoms. The lowest BCUT2D eigenvalue weighted by molar-refractivity contribution is 0.0632. The Labute approximate surface area is 113 Å². The Hall–Kier alpha value is -0.0800. The standard InChI is InChI=1S/C16H32N2/c1-12-7-8-14(11-13(12)2)15(18-17)16(3)9-5-4-6-10-16/h12-15,18H,4-11,17H2,1-3H3. The second kappa shape index (κ2) is 5.92. The van der Waals surface area contributed by atoms with Crippen LogP contribution in [0.4, 0.5) is 0 Å². The van der Waals surface area contributed by atoms with Crippen molar-refractivity contribution in [3.63, 3.8) is 0 Å². The van der Waals surface area contributed by atoms with Crippen LogP contribution in [-0.2, 0) is 0 Å². The highest BCUT2D eigenvalue weighted by Gasteiger charge is 2.41. The molecule has 0 amide bonds. The molecule has 2 heteroatoms. The molecule has 2 saturated carbocycles. The first-order valence-electron chi connectivity index (χ1n) is 8.03. The van der Waals surface area contributed by atoms with Crippen molar-refractivity contribution in [1.29, 1.82) is 0 Å². The predicted octanol–water partition coefficient (Wildman–Crippen LogP) is 3.86. The minimum absolute atomic E-state index is 0.442. The Balaban J connectivity index is 2.03. The second-order valence-electron chi connectivity index (χ2n) is 7.39. The van der Waals surface area contributed by atoms with E-state index in [0.717, 1.165) is 17.8 Å². The maximum atomic E-state index is 5.95. The van der Waals surface area contributed by atoms with Gasteiger partial charge >= 0.3 is 0 Å². The number of rotatable bonds is 3. The van der Waals surface area contributed by atoms with Crippen LogP contribution in [0.2, 0.25) is 0 Å². The fraction of sp³-hybridized carbons (Fsp3) is 1.00. The SMILES string of the molecule is CC1CCC(C(NN)C2(C)CCCCC2)CC1C. The van der Waals surface area contributed by atoms with Crippen molar-refractivity contribution in [3.05, 3.63) is 0 Å². The van der Waals surface area contributed by atoms with Crippen LogP contribution >= 0.6 is 0 Å². The summed E-state index contributed by atoms with van der Waals surface area (Å²) in [4.78, 5) is 0. The molecule has 106 valence electrons. The van der Waals surface area contributed by atoms with Gasteiger partial charge in [0.1, 0.15) is 0 Å². The molecule has 0 aromatic carbocycles. The Morgan fingerprint density at radius 2 is 1.72 bits per heavy atom. The van der Waals surface area contributed by atoms with Gasteiger partial charge in [-0.25, -0.2) is 0 Å². The van der Waals surface area contributed by atoms with Crippen molar-refractivity contribution < 1.29 is 0 Å². The third kappa shape index (κ3) is 2.91. The van der Waals surface area contributed by atoms with E-state index >= 15 is 0 Å². The normalized spacial score (nSPS) is 38.3. The number of nitrogens with two attached hydrogens (primary N) is 1. The molecule has 0 spiro atoms. The average molecular weight is 252 g/mol. The zero-order valence-electron chi connectivity index (χ0n) is 12.5. The minimum atomic E-state index is 0.442. The van der Waals surface area contributed by atoms with Crippen LogP contribution in [0.25, 0.3) is 0 Å². The fourth-order valence-corrected chi connectivity index (χ4v) is 4.47. The minimum Gasteiger partial charge on any atom is -0.271 e. The van der Waals surface area contributed by atoms with Gasteiger partial charge in [0, 0.05) is 6.04 Å². The molecule has 0 radical (unpaired) electrons. The molecule has 0 aromatic rings. The molecule has 18 heavy (non-hydrogen) atoms. The number of hydrogen-bond donors (Lipinski definition) is 2. The first-order valence-corrected chi connectivity index (χ1v) is 8.03. The molecule has 2 aliphatic rings. The van der Waals surface area contributed by atoms with E-state index in [2.05, 4.69) is 26.2 Å². The van der Waals surface area contributed by atoms with Gasteiger partial charge in [-0.15, -0.1) is 0 Å². The molecule has 4 unspecified atom stereocenters. The van der Waals surface area contributed by atoms with Gasteiger partial charge < -0.3 is 0 Å². The van der Waals surface area contributed by atoms with Gasteiger partial charge in [-0.05, 0) is 48.9 Å². The van der Waals surface area contributed by atoms with E-state index in [1.54, 1.807) is 0 Å². The van der Waals surface area contributed by atoms with Gasteiger partial charge in [-0.1, -0.05) is 46.5 Å². The fourth-order valence-electron chi connectivity index (χ4n) is 4.47. The highest BCUT2D eigenvalue weighted by molar-refractivity contribution is 4.95. The third-order valence-corrected chi connectivity index (χ3v) is 6.04. The van der Waals surface area contributed by atoms with E-state index in [0.29, 0.717) is 11.5 Å². The molecule has 0 aliphatic heterocycles.